The molecule has 6 N–H and O–H groups in total. The number of nitrogens with two attached hydrogens (primary N) is 1. The molecule has 234 valence electrons. The molecular weight excluding hydrogens is 568 g/mol. The summed E-state index contributed by atoms with van der Waals surface area (Å²) < 4.78 is 5.43. The number of allylic oxidation sites excluding steroid dienone is 2. The molecule has 2 aliphatic rings. The second-order valence-corrected chi connectivity index (χ2v) is 11.1. The summed E-state index contributed by atoms with van der Waals surface area (Å²) in [6, 6.07) is 12.4. The Balaban J connectivity index is 1.45. The third kappa shape index (κ3) is 6.61. The molecule has 0 bridgehead atoms. The first-order valence-corrected chi connectivity index (χ1v) is 14.3. The number of carbonyl (C=O) groups excluding carboxylic acids is 2. The Kier molecular flexibility index (Phi) is 9.75. The lowest BCUT2D eigenvalue weighted by molar-refractivity contribution is -0.133. The van der Waals surface area contributed by atoms with Gasteiger partial charge in [0.05, 0.1) is 35.5 Å². The van der Waals surface area contributed by atoms with E-state index < -0.39 is 35.4 Å². The highest BCUT2D eigenvalue weighted by molar-refractivity contribution is 6.13. The van der Waals surface area contributed by atoms with Gasteiger partial charge < -0.3 is 36.0 Å². The van der Waals surface area contributed by atoms with Crippen molar-refractivity contribution in [1.29, 1.82) is 0 Å². The SMILES string of the molecule is COc1ccccc1C1(O)CCN(CCCC(=O)N(C(N)=O)c2cccc(C3C(C(=O)O)=C(C)NC(C)=C3C(=O)O)c2)CC1. The highest BCUT2D eigenvalue weighted by Gasteiger charge is 2.38. The Morgan fingerprint density at radius 1 is 1.00 bits per heavy atom. The molecule has 3 amide bonds. The number of anilines is 1. The lowest BCUT2D eigenvalue weighted by Crippen LogP contribution is -2.44. The van der Waals surface area contributed by atoms with Crippen LogP contribution in [-0.2, 0) is 20.0 Å². The van der Waals surface area contributed by atoms with Gasteiger partial charge in [-0.25, -0.2) is 19.3 Å². The number of hydrogen-bond donors (Lipinski definition) is 5. The fourth-order valence-corrected chi connectivity index (χ4v) is 6.14. The van der Waals surface area contributed by atoms with E-state index in [0.29, 0.717) is 44.6 Å². The fourth-order valence-electron chi connectivity index (χ4n) is 6.14. The minimum Gasteiger partial charge on any atom is -0.496 e. The van der Waals surface area contributed by atoms with E-state index in [9.17, 15) is 34.5 Å². The molecule has 0 radical (unpaired) electrons. The van der Waals surface area contributed by atoms with Crippen LogP contribution in [0.15, 0.2) is 71.1 Å². The molecule has 2 aromatic carbocycles. The molecule has 4 rings (SSSR count). The van der Waals surface area contributed by atoms with Crippen LogP contribution in [0.1, 0.15) is 56.6 Å². The maximum atomic E-state index is 13.3. The van der Waals surface area contributed by atoms with Crippen molar-refractivity contribution >= 4 is 29.6 Å². The molecular formula is C32H38N4O8. The largest absolute Gasteiger partial charge is 0.496 e. The molecule has 12 nitrogen and oxygen atoms in total. The molecule has 2 aliphatic heterocycles. The summed E-state index contributed by atoms with van der Waals surface area (Å²) >= 11 is 0. The molecule has 0 saturated carbocycles. The number of para-hydroxylation sites is 1. The summed E-state index contributed by atoms with van der Waals surface area (Å²) in [7, 11) is 1.57. The number of ether oxygens (including phenoxy) is 1. The molecule has 0 aliphatic carbocycles. The molecule has 0 aromatic heterocycles. The third-order valence-electron chi connectivity index (χ3n) is 8.31. The summed E-state index contributed by atoms with van der Waals surface area (Å²) in [5.41, 5.74) is 6.03. The topological polar surface area (TPSA) is 183 Å². The van der Waals surface area contributed by atoms with Gasteiger partial charge >= 0.3 is 18.0 Å². The number of carbonyl (C=O) groups is 4. The number of amides is 3. The molecule has 2 aromatic rings. The zero-order valence-corrected chi connectivity index (χ0v) is 25.0. The predicted octanol–water partition coefficient (Wildman–Crippen LogP) is 3.27. The van der Waals surface area contributed by atoms with Crippen molar-refractivity contribution in [3.63, 3.8) is 0 Å². The normalized spacial score (nSPS) is 17.2. The average molecular weight is 607 g/mol. The predicted molar refractivity (Wildman–Crippen MR) is 162 cm³/mol. The van der Waals surface area contributed by atoms with Gasteiger partial charge in [0.25, 0.3) is 0 Å². The van der Waals surface area contributed by atoms with E-state index in [1.165, 1.54) is 18.2 Å². The van der Waals surface area contributed by atoms with Crippen LogP contribution < -0.4 is 20.7 Å². The highest BCUT2D eigenvalue weighted by atomic mass is 16.5. The quantitative estimate of drug-likeness (QED) is 0.269. The number of hydrogen-bond acceptors (Lipinski definition) is 8. The van der Waals surface area contributed by atoms with Crippen LogP contribution in [0.2, 0.25) is 0 Å². The van der Waals surface area contributed by atoms with Crippen molar-refractivity contribution in [2.75, 3.05) is 31.6 Å². The number of carboxylic acid groups (broad SMARTS) is 2. The number of benzene rings is 2. The first-order valence-electron chi connectivity index (χ1n) is 14.3. The van der Waals surface area contributed by atoms with Crippen LogP contribution in [0.3, 0.4) is 0 Å². The minimum absolute atomic E-state index is 0.00651. The van der Waals surface area contributed by atoms with Crippen LogP contribution in [0.4, 0.5) is 10.5 Å². The molecule has 2 heterocycles. The number of primary amides is 1. The summed E-state index contributed by atoms with van der Waals surface area (Å²) in [5, 5.41) is 34.0. The van der Waals surface area contributed by atoms with Gasteiger partial charge in [-0.3, -0.25) is 4.79 Å². The summed E-state index contributed by atoms with van der Waals surface area (Å²) in [5.74, 6) is -3.64. The van der Waals surface area contributed by atoms with Gasteiger partial charge in [-0.05, 0) is 63.4 Å². The average Bonchev–Trinajstić information content (AvgIpc) is 2.97. The number of dihydropyridines is 1. The molecule has 44 heavy (non-hydrogen) atoms. The van der Waals surface area contributed by atoms with Gasteiger partial charge in [0, 0.05) is 36.5 Å². The number of piperidine rings is 1. The zero-order chi connectivity index (χ0) is 32.2. The monoisotopic (exact) mass is 606 g/mol. The fraction of sp³-hybridized carbons (Fsp3) is 0.375. The second kappa shape index (κ2) is 13.3. The lowest BCUT2D eigenvalue weighted by atomic mass is 9.80. The number of aliphatic hydroxyl groups is 1. The molecule has 0 atom stereocenters. The van der Waals surface area contributed by atoms with Crippen molar-refractivity contribution < 1.29 is 39.2 Å². The van der Waals surface area contributed by atoms with Crippen molar-refractivity contribution in [2.24, 2.45) is 5.73 Å². The van der Waals surface area contributed by atoms with E-state index in [0.717, 1.165) is 10.5 Å². The van der Waals surface area contributed by atoms with Gasteiger partial charge in [0.2, 0.25) is 5.91 Å². The van der Waals surface area contributed by atoms with E-state index in [-0.39, 0.29) is 40.2 Å². The molecule has 0 unspecified atom stereocenters. The van der Waals surface area contributed by atoms with Gasteiger partial charge in [-0.1, -0.05) is 30.3 Å². The number of imide groups is 1. The number of aliphatic carboxylic acids is 2. The summed E-state index contributed by atoms with van der Waals surface area (Å²) in [4.78, 5) is 53.0. The highest BCUT2D eigenvalue weighted by Crippen LogP contribution is 2.40. The van der Waals surface area contributed by atoms with Gasteiger partial charge in [0.15, 0.2) is 0 Å². The Morgan fingerprint density at radius 3 is 2.18 bits per heavy atom. The van der Waals surface area contributed by atoms with Crippen molar-refractivity contribution in [2.45, 2.75) is 51.0 Å². The van der Waals surface area contributed by atoms with Crippen LogP contribution in [0, 0.1) is 0 Å². The van der Waals surface area contributed by atoms with Gasteiger partial charge in [-0.2, -0.15) is 0 Å². The number of methoxy groups -OCH3 is 1. The van der Waals surface area contributed by atoms with E-state index in [1.54, 1.807) is 27.0 Å². The first-order chi connectivity index (χ1) is 20.9. The van der Waals surface area contributed by atoms with Crippen LogP contribution in [0.25, 0.3) is 0 Å². The van der Waals surface area contributed by atoms with E-state index in [2.05, 4.69) is 10.2 Å². The van der Waals surface area contributed by atoms with Crippen molar-refractivity contribution in [3.8, 4) is 5.75 Å². The lowest BCUT2D eigenvalue weighted by Gasteiger charge is -2.39. The number of likely N-dealkylation sites (tertiary alicyclic amines) is 1. The number of carboxylic acids is 2. The number of nitrogens with zero attached hydrogens (tertiary/aromatic N) is 2. The Morgan fingerprint density at radius 2 is 1.61 bits per heavy atom. The molecule has 1 fully saturated rings. The molecule has 0 spiro atoms. The van der Waals surface area contributed by atoms with Crippen LogP contribution in [0.5, 0.6) is 5.75 Å². The summed E-state index contributed by atoms with van der Waals surface area (Å²) in [6.07, 6.45) is 1.43. The maximum Gasteiger partial charge on any atom is 0.334 e. The molecule has 12 heteroatoms. The minimum atomic E-state index is -1.29. The standard InChI is InChI=1S/C32H38N4O8/c1-19-26(29(38)39)28(27(30(40)41)20(2)34-19)21-8-6-9-22(18-21)36(31(33)42)25(37)12-7-15-35-16-13-32(43,14-17-35)23-10-4-5-11-24(23)44-3/h4-6,8-11,18,28,34,43H,7,12-17H2,1-3H3,(H2,33,42)(H,38,39)(H,40,41). The Labute approximate surface area is 255 Å². The van der Waals surface area contributed by atoms with Crippen molar-refractivity contribution in [1.82, 2.24) is 10.2 Å². The zero-order valence-electron chi connectivity index (χ0n) is 25.0. The van der Waals surface area contributed by atoms with Gasteiger partial charge in [-0.15, -0.1) is 0 Å². The van der Waals surface area contributed by atoms with Gasteiger partial charge in [0.1, 0.15) is 5.75 Å². The number of nitrogens with one attached hydrogen (secondary N) is 1. The van der Waals surface area contributed by atoms with E-state index >= 15 is 0 Å². The number of urea groups is 1. The van der Waals surface area contributed by atoms with Crippen LogP contribution >= 0.6 is 0 Å². The maximum absolute atomic E-state index is 13.3. The third-order valence-corrected chi connectivity index (χ3v) is 8.31. The Hall–Kier alpha value is -4.68. The smallest absolute Gasteiger partial charge is 0.334 e. The molecule has 1 saturated heterocycles. The van der Waals surface area contributed by atoms with Crippen molar-refractivity contribution in [3.05, 3.63) is 82.2 Å². The first kappa shape index (κ1) is 32.2. The number of rotatable bonds is 10. The van der Waals surface area contributed by atoms with E-state index in [1.807, 2.05) is 24.3 Å². The summed E-state index contributed by atoms with van der Waals surface area (Å²) in [6.45, 7) is 4.87. The second-order valence-electron chi connectivity index (χ2n) is 11.1. The van der Waals surface area contributed by atoms with E-state index in [4.69, 9.17) is 10.5 Å². The Bertz CT molecular complexity index is 1490. The van der Waals surface area contributed by atoms with Crippen LogP contribution in [-0.4, -0.2) is 70.8 Å².